The Bertz CT molecular complexity index is 918. The highest BCUT2D eigenvalue weighted by Crippen LogP contribution is 2.25. The van der Waals surface area contributed by atoms with Gasteiger partial charge in [0.05, 0.1) is 0 Å². The quantitative estimate of drug-likeness (QED) is 0.717. The number of carbonyl (C=O) groups excluding carboxylic acids is 1. The van der Waals surface area contributed by atoms with E-state index in [4.69, 9.17) is 4.42 Å². The number of oxazole rings is 1. The zero-order chi connectivity index (χ0) is 17.9. The van der Waals surface area contributed by atoms with Crippen LogP contribution in [0, 0.1) is 12.8 Å². The Morgan fingerprint density at radius 2 is 2.15 bits per heavy atom. The summed E-state index contributed by atoms with van der Waals surface area (Å²) in [5, 5.41) is 2.42. The van der Waals surface area contributed by atoms with Crippen molar-refractivity contribution in [3.8, 4) is 0 Å². The number of aromatic nitrogens is 2. The van der Waals surface area contributed by atoms with Crippen LogP contribution in [0.15, 0.2) is 47.5 Å². The topological polar surface area (TPSA) is 59.2 Å². The molecule has 1 atom stereocenters. The van der Waals surface area contributed by atoms with Gasteiger partial charge in [-0.2, -0.15) is 0 Å². The third-order valence-corrected chi connectivity index (χ3v) is 5.31. The molecule has 1 unspecified atom stereocenters. The van der Waals surface area contributed by atoms with Crippen LogP contribution in [0.25, 0.3) is 10.8 Å². The Morgan fingerprint density at radius 3 is 3.00 bits per heavy atom. The average molecular weight is 349 g/mol. The third kappa shape index (κ3) is 3.47. The largest absolute Gasteiger partial charge is 0.448 e. The molecule has 0 N–H and O–H groups in total. The van der Waals surface area contributed by atoms with E-state index in [2.05, 4.69) is 34.2 Å². The lowest BCUT2D eigenvalue weighted by Crippen LogP contribution is -2.32. The number of amides is 1. The predicted octanol–water partition coefficient (Wildman–Crippen LogP) is 4.02. The second kappa shape index (κ2) is 7.28. The normalized spacial score (nSPS) is 18.0. The van der Waals surface area contributed by atoms with Gasteiger partial charge in [-0.05, 0) is 55.5 Å². The van der Waals surface area contributed by atoms with Crippen molar-refractivity contribution >= 4 is 16.7 Å². The smallest absolute Gasteiger partial charge is 0.276 e. The minimum Gasteiger partial charge on any atom is -0.448 e. The maximum absolute atomic E-state index is 12.6. The van der Waals surface area contributed by atoms with Crippen LogP contribution in [0.5, 0.6) is 0 Å². The van der Waals surface area contributed by atoms with Crippen molar-refractivity contribution in [2.75, 3.05) is 13.1 Å². The monoisotopic (exact) mass is 349 g/mol. The zero-order valence-electron chi connectivity index (χ0n) is 15.0. The molecule has 1 aromatic carbocycles. The number of fused-ring (bicyclic) bond motifs is 1. The Labute approximate surface area is 153 Å². The molecule has 1 amide bonds. The first-order valence-corrected chi connectivity index (χ1v) is 9.23. The number of hydrogen-bond acceptors (Lipinski definition) is 4. The minimum absolute atomic E-state index is 0.00453. The second-order valence-corrected chi connectivity index (χ2v) is 7.11. The standard InChI is InChI=1S/C21H23N3O2/c1-15-20(23-14-26-15)21(25)24-9-2-3-16(7-10-24)11-17-4-5-19-13-22-8-6-18(19)12-17/h4-6,8,12-14,16H,2-3,7,9-11H2,1H3. The number of likely N-dealkylation sites (tertiary alicyclic amines) is 1. The number of pyridine rings is 1. The molecule has 0 spiro atoms. The van der Waals surface area contributed by atoms with Gasteiger partial charge in [0.15, 0.2) is 12.1 Å². The van der Waals surface area contributed by atoms with Gasteiger partial charge >= 0.3 is 0 Å². The molecule has 2 aromatic heterocycles. The van der Waals surface area contributed by atoms with Crippen molar-refractivity contribution < 1.29 is 9.21 Å². The van der Waals surface area contributed by atoms with E-state index in [0.717, 1.165) is 38.8 Å². The Balaban J connectivity index is 1.41. The summed E-state index contributed by atoms with van der Waals surface area (Å²) in [6.45, 7) is 3.37. The lowest BCUT2D eigenvalue weighted by Gasteiger charge is -2.19. The number of rotatable bonds is 3. The molecule has 26 heavy (non-hydrogen) atoms. The van der Waals surface area contributed by atoms with Gasteiger partial charge in [0.25, 0.3) is 5.91 Å². The first-order valence-electron chi connectivity index (χ1n) is 9.23. The molecule has 5 nitrogen and oxygen atoms in total. The van der Waals surface area contributed by atoms with Gasteiger partial charge in [-0.1, -0.05) is 18.2 Å². The molecule has 4 rings (SSSR count). The molecule has 1 fully saturated rings. The van der Waals surface area contributed by atoms with E-state index >= 15 is 0 Å². The maximum atomic E-state index is 12.6. The summed E-state index contributed by atoms with van der Waals surface area (Å²) in [6, 6.07) is 8.68. The van der Waals surface area contributed by atoms with E-state index in [1.165, 1.54) is 22.7 Å². The van der Waals surface area contributed by atoms with Crippen LogP contribution in [0.4, 0.5) is 0 Å². The highest BCUT2D eigenvalue weighted by atomic mass is 16.3. The highest BCUT2D eigenvalue weighted by Gasteiger charge is 2.24. The van der Waals surface area contributed by atoms with Gasteiger partial charge < -0.3 is 9.32 Å². The predicted molar refractivity (Wildman–Crippen MR) is 99.9 cm³/mol. The molecule has 1 aliphatic heterocycles. The van der Waals surface area contributed by atoms with Crippen molar-refractivity contribution in [3.05, 3.63) is 60.1 Å². The fourth-order valence-electron chi connectivity index (χ4n) is 3.83. The van der Waals surface area contributed by atoms with Crippen molar-refractivity contribution in [3.63, 3.8) is 0 Å². The van der Waals surface area contributed by atoms with E-state index < -0.39 is 0 Å². The van der Waals surface area contributed by atoms with Gasteiger partial charge in [-0.3, -0.25) is 9.78 Å². The summed E-state index contributed by atoms with van der Waals surface area (Å²) in [6.07, 6.45) is 9.35. The third-order valence-electron chi connectivity index (χ3n) is 5.31. The zero-order valence-corrected chi connectivity index (χ0v) is 15.0. The van der Waals surface area contributed by atoms with Crippen LogP contribution in [0.1, 0.15) is 41.1 Å². The Hall–Kier alpha value is -2.69. The summed E-state index contributed by atoms with van der Waals surface area (Å²) in [4.78, 5) is 22.8. The van der Waals surface area contributed by atoms with Crippen molar-refractivity contribution in [2.24, 2.45) is 5.92 Å². The highest BCUT2D eigenvalue weighted by molar-refractivity contribution is 5.93. The number of carbonyl (C=O) groups is 1. The molecule has 5 heteroatoms. The molecule has 3 aromatic rings. The molecule has 0 saturated carbocycles. The van der Waals surface area contributed by atoms with Gasteiger partial charge in [0.1, 0.15) is 5.76 Å². The Kier molecular flexibility index (Phi) is 4.69. The summed E-state index contributed by atoms with van der Waals surface area (Å²) in [5.74, 6) is 1.20. The summed E-state index contributed by atoms with van der Waals surface area (Å²) in [5.41, 5.74) is 1.81. The number of hydrogen-bond donors (Lipinski definition) is 0. The fourth-order valence-corrected chi connectivity index (χ4v) is 3.83. The van der Waals surface area contributed by atoms with Gasteiger partial charge in [0.2, 0.25) is 0 Å². The summed E-state index contributed by atoms with van der Waals surface area (Å²) >= 11 is 0. The Morgan fingerprint density at radius 1 is 1.23 bits per heavy atom. The van der Waals surface area contributed by atoms with E-state index in [1.807, 2.05) is 17.3 Å². The van der Waals surface area contributed by atoms with E-state index in [1.54, 1.807) is 6.92 Å². The lowest BCUT2D eigenvalue weighted by molar-refractivity contribution is 0.0753. The maximum Gasteiger partial charge on any atom is 0.276 e. The molecular formula is C21H23N3O2. The van der Waals surface area contributed by atoms with E-state index in [0.29, 0.717) is 17.4 Å². The van der Waals surface area contributed by atoms with Crippen molar-refractivity contribution in [2.45, 2.75) is 32.6 Å². The second-order valence-electron chi connectivity index (χ2n) is 7.11. The summed E-state index contributed by atoms with van der Waals surface area (Å²) in [7, 11) is 0. The molecule has 0 bridgehead atoms. The van der Waals surface area contributed by atoms with Crippen LogP contribution in [0.2, 0.25) is 0 Å². The first kappa shape index (κ1) is 16.8. The van der Waals surface area contributed by atoms with E-state index in [9.17, 15) is 4.79 Å². The minimum atomic E-state index is -0.00453. The molecule has 3 heterocycles. The lowest BCUT2D eigenvalue weighted by atomic mass is 9.92. The first-order chi connectivity index (χ1) is 12.7. The fraction of sp³-hybridized carbons (Fsp3) is 0.381. The van der Waals surface area contributed by atoms with Crippen LogP contribution >= 0.6 is 0 Å². The van der Waals surface area contributed by atoms with Gasteiger partial charge in [0, 0.05) is 30.9 Å². The van der Waals surface area contributed by atoms with E-state index in [-0.39, 0.29) is 5.91 Å². The molecule has 0 radical (unpaired) electrons. The van der Waals surface area contributed by atoms with Crippen molar-refractivity contribution in [1.29, 1.82) is 0 Å². The molecule has 1 saturated heterocycles. The number of benzene rings is 1. The molecular weight excluding hydrogens is 326 g/mol. The van der Waals surface area contributed by atoms with Crippen LogP contribution in [-0.2, 0) is 6.42 Å². The average Bonchev–Trinajstić information content (AvgIpc) is 2.95. The van der Waals surface area contributed by atoms with Gasteiger partial charge in [-0.15, -0.1) is 0 Å². The summed E-state index contributed by atoms with van der Waals surface area (Å²) < 4.78 is 5.18. The van der Waals surface area contributed by atoms with Gasteiger partial charge in [-0.25, -0.2) is 4.98 Å². The van der Waals surface area contributed by atoms with Crippen molar-refractivity contribution in [1.82, 2.24) is 14.9 Å². The SMILES string of the molecule is Cc1ocnc1C(=O)N1CCCC(Cc2ccc3cnccc3c2)CC1. The number of nitrogens with zero attached hydrogens (tertiary/aromatic N) is 3. The van der Waals surface area contributed by atoms with Crippen LogP contribution < -0.4 is 0 Å². The van der Waals surface area contributed by atoms with Crippen LogP contribution in [0.3, 0.4) is 0 Å². The number of aryl methyl sites for hydroxylation is 1. The molecule has 0 aliphatic carbocycles. The molecule has 134 valence electrons. The van der Waals surface area contributed by atoms with Crippen LogP contribution in [-0.4, -0.2) is 33.9 Å². The molecule has 1 aliphatic rings.